The van der Waals surface area contributed by atoms with Gasteiger partial charge in [-0.2, -0.15) is 0 Å². The van der Waals surface area contributed by atoms with Gasteiger partial charge in [-0.1, -0.05) is 13.8 Å². The van der Waals surface area contributed by atoms with E-state index in [0.29, 0.717) is 19.1 Å². The fourth-order valence-electron chi connectivity index (χ4n) is 2.27. The second-order valence-electron chi connectivity index (χ2n) is 5.10. The normalized spacial score (nSPS) is 25.0. The Morgan fingerprint density at radius 1 is 1.17 bits per heavy atom. The quantitative estimate of drug-likeness (QED) is 0.436. The Balaban J connectivity index is 0.000000873. The van der Waals surface area contributed by atoms with Gasteiger partial charge in [0, 0.05) is 46.7 Å². The number of ether oxygens (including phenoxy) is 3. The SMILES string of the molecule is COC.COC1(OC)CC(C=O)C(=O)C(C)(C)C1. The third-order valence-electron chi connectivity index (χ3n) is 3.15. The highest BCUT2D eigenvalue weighted by Crippen LogP contribution is 2.42. The van der Waals surface area contributed by atoms with Crippen molar-refractivity contribution in [1.82, 2.24) is 0 Å². The minimum atomic E-state index is -0.803. The number of Topliss-reactive ketones (excluding diaryl/α,β-unsaturated/α-hetero) is 1. The summed E-state index contributed by atoms with van der Waals surface area (Å²) in [4.78, 5) is 22.7. The summed E-state index contributed by atoms with van der Waals surface area (Å²) in [6, 6.07) is 0. The van der Waals surface area contributed by atoms with E-state index in [9.17, 15) is 9.59 Å². The highest BCUT2D eigenvalue weighted by Gasteiger charge is 2.50. The molecule has 1 atom stereocenters. The average Bonchev–Trinajstić information content (AvgIpc) is 2.33. The predicted molar refractivity (Wildman–Crippen MR) is 67.3 cm³/mol. The van der Waals surface area contributed by atoms with E-state index in [1.165, 1.54) is 14.2 Å². The van der Waals surface area contributed by atoms with Gasteiger partial charge in [0.1, 0.15) is 12.1 Å². The van der Waals surface area contributed by atoms with Crippen LogP contribution >= 0.6 is 0 Å². The molecule has 0 spiro atoms. The number of methoxy groups -OCH3 is 3. The molecule has 1 unspecified atom stereocenters. The average molecular weight is 260 g/mol. The molecule has 0 N–H and O–H groups in total. The van der Waals surface area contributed by atoms with E-state index in [1.54, 1.807) is 14.2 Å². The number of carbonyl (C=O) groups is 2. The summed E-state index contributed by atoms with van der Waals surface area (Å²) in [6.45, 7) is 3.63. The van der Waals surface area contributed by atoms with E-state index < -0.39 is 17.1 Å². The number of ketones is 1. The molecule has 1 saturated carbocycles. The summed E-state index contributed by atoms with van der Waals surface area (Å²) in [5.41, 5.74) is -0.574. The third-order valence-corrected chi connectivity index (χ3v) is 3.15. The van der Waals surface area contributed by atoms with Crippen molar-refractivity contribution in [3.05, 3.63) is 0 Å². The summed E-state index contributed by atoms with van der Waals surface area (Å²) >= 11 is 0. The monoisotopic (exact) mass is 260 g/mol. The molecule has 0 heterocycles. The zero-order valence-electron chi connectivity index (χ0n) is 12.1. The fraction of sp³-hybridized carbons (Fsp3) is 0.846. The van der Waals surface area contributed by atoms with E-state index in [0.717, 1.165) is 0 Å². The first-order valence-corrected chi connectivity index (χ1v) is 5.82. The molecular weight excluding hydrogens is 236 g/mol. The Morgan fingerprint density at radius 2 is 1.61 bits per heavy atom. The maximum absolute atomic E-state index is 11.9. The topological polar surface area (TPSA) is 61.8 Å². The molecular formula is C13H24O5. The van der Waals surface area contributed by atoms with Gasteiger partial charge < -0.3 is 19.0 Å². The van der Waals surface area contributed by atoms with E-state index in [4.69, 9.17) is 9.47 Å². The summed E-state index contributed by atoms with van der Waals surface area (Å²) < 4.78 is 14.9. The van der Waals surface area contributed by atoms with E-state index in [-0.39, 0.29) is 5.78 Å². The van der Waals surface area contributed by atoms with Crippen LogP contribution < -0.4 is 0 Å². The number of rotatable bonds is 3. The second kappa shape index (κ2) is 6.97. The largest absolute Gasteiger partial charge is 0.388 e. The first-order valence-electron chi connectivity index (χ1n) is 5.82. The van der Waals surface area contributed by atoms with Crippen LogP contribution in [0.5, 0.6) is 0 Å². The molecule has 5 nitrogen and oxygen atoms in total. The van der Waals surface area contributed by atoms with Crippen molar-refractivity contribution in [3.63, 3.8) is 0 Å². The lowest BCUT2D eigenvalue weighted by Gasteiger charge is -2.43. The van der Waals surface area contributed by atoms with Crippen molar-refractivity contribution in [2.24, 2.45) is 11.3 Å². The number of aldehydes is 1. The lowest BCUT2D eigenvalue weighted by atomic mass is 9.68. The second-order valence-corrected chi connectivity index (χ2v) is 5.10. The molecule has 1 aliphatic carbocycles. The van der Waals surface area contributed by atoms with Crippen molar-refractivity contribution < 1.29 is 23.8 Å². The Hall–Kier alpha value is -0.780. The van der Waals surface area contributed by atoms with Gasteiger partial charge in [0.2, 0.25) is 0 Å². The zero-order chi connectivity index (χ0) is 14.4. The van der Waals surface area contributed by atoms with Gasteiger partial charge in [0.25, 0.3) is 0 Å². The fourth-order valence-corrected chi connectivity index (χ4v) is 2.27. The maximum atomic E-state index is 11.9. The van der Waals surface area contributed by atoms with Crippen LogP contribution in [0.3, 0.4) is 0 Å². The third kappa shape index (κ3) is 3.86. The number of hydrogen-bond acceptors (Lipinski definition) is 5. The number of hydrogen-bond donors (Lipinski definition) is 0. The Bertz CT molecular complexity index is 281. The molecule has 0 aromatic rings. The summed E-state index contributed by atoms with van der Waals surface area (Å²) in [6.07, 6.45) is 1.48. The van der Waals surface area contributed by atoms with Gasteiger partial charge in [-0.15, -0.1) is 0 Å². The molecule has 0 aromatic carbocycles. The molecule has 1 fully saturated rings. The summed E-state index contributed by atoms with van der Waals surface area (Å²) in [7, 11) is 6.33. The van der Waals surface area contributed by atoms with Crippen molar-refractivity contribution in [1.29, 1.82) is 0 Å². The molecule has 0 radical (unpaired) electrons. The highest BCUT2D eigenvalue weighted by molar-refractivity contribution is 5.97. The lowest BCUT2D eigenvalue weighted by Crippen LogP contribution is -2.51. The van der Waals surface area contributed by atoms with Gasteiger partial charge in [-0.3, -0.25) is 4.79 Å². The van der Waals surface area contributed by atoms with E-state index in [2.05, 4.69) is 4.74 Å². The molecule has 1 aliphatic rings. The van der Waals surface area contributed by atoms with Crippen molar-refractivity contribution in [3.8, 4) is 0 Å². The van der Waals surface area contributed by atoms with Gasteiger partial charge in [0.15, 0.2) is 5.79 Å². The Kier molecular flexibility index (Phi) is 6.67. The standard InChI is InChI=1S/C11H18O4.C2H6O/c1-10(2)7-11(14-3,15-4)5-8(6-12)9(10)13;1-3-2/h6,8H,5,7H2,1-4H3;1-2H3. The molecule has 18 heavy (non-hydrogen) atoms. The summed E-state index contributed by atoms with van der Waals surface area (Å²) in [5.74, 6) is -1.45. The molecule has 0 aliphatic heterocycles. The Morgan fingerprint density at radius 3 is 1.94 bits per heavy atom. The predicted octanol–water partition coefficient (Wildman–Crippen LogP) is 1.44. The van der Waals surface area contributed by atoms with Crippen LogP contribution in [0.2, 0.25) is 0 Å². The van der Waals surface area contributed by atoms with Crippen LogP contribution in [0.4, 0.5) is 0 Å². The van der Waals surface area contributed by atoms with Crippen LogP contribution in [0.1, 0.15) is 26.7 Å². The lowest BCUT2D eigenvalue weighted by molar-refractivity contribution is -0.242. The van der Waals surface area contributed by atoms with Gasteiger partial charge >= 0.3 is 0 Å². The van der Waals surface area contributed by atoms with Gasteiger partial charge in [0.05, 0.1) is 5.92 Å². The van der Waals surface area contributed by atoms with Crippen LogP contribution in [0.15, 0.2) is 0 Å². The molecule has 0 aromatic heterocycles. The van der Waals surface area contributed by atoms with Gasteiger partial charge in [-0.05, 0) is 0 Å². The highest BCUT2D eigenvalue weighted by atomic mass is 16.7. The summed E-state index contributed by atoms with van der Waals surface area (Å²) in [5, 5.41) is 0. The van der Waals surface area contributed by atoms with Crippen molar-refractivity contribution in [2.75, 3.05) is 28.4 Å². The first kappa shape index (κ1) is 17.2. The first-order chi connectivity index (χ1) is 8.32. The van der Waals surface area contributed by atoms with E-state index >= 15 is 0 Å². The van der Waals surface area contributed by atoms with E-state index in [1.807, 2.05) is 13.8 Å². The Labute approximate surface area is 109 Å². The van der Waals surface area contributed by atoms with Crippen molar-refractivity contribution >= 4 is 12.1 Å². The van der Waals surface area contributed by atoms with Crippen LogP contribution in [-0.2, 0) is 23.8 Å². The van der Waals surface area contributed by atoms with Crippen LogP contribution in [0.25, 0.3) is 0 Å². The molecule has 1 rings (SSSR count). The molecule has 5 heteroatoms. The smallest absolute Gasteiger partial charge is 0.169 e. The van der Waals surface area contributed by atoms with Crippen LogP contribution in [-0.4, -0.2) is 46.3 Å². The minimum absolute atomic E-state index is 0.0257. The van der Waals surface area contributed by atoms with Crippen LogP contribution in [0, 0.1) is 11.3 Å². The molecule has 0 bridgehead atoms. The maximum Gasteiger partial charge on any atom is 0.169 e. The number of carbonyl (C=O) groups excluding carboxylic acids is 2. The molecule has 0 saturated heterocycles. The zero-order valence-corrected chi connectivity index (χ0v) is 12.1. The van der Waals surface area contributed by atoms with Crippen molar-refractivity contribution in [2.45, 2.75) is 32.5 Å². The van der Waals surface area contributed by atoms with Gasteiger partial charge in [-0.25, -0.2) is 0 Å². The minimum Gasteiger partial charge on any atom is -0.388 e. The molecule has 0 amide bonds. The molecule has 106 valence electrons.